The van der Waals surface area contributed by atoms with Gasteiger partial charge in [-0.25, -0.2) is 4.98 Å². The Morgan fingerprint density at radius 2 is 2.22 bits per heavy atom. The number of carbonyl (C=O) groups excluding carboxylic acids is 1. The number of thiazole rings is 1. The molecule has 130 valence electrons. The number of piperidine rings is 1. The Labute approximate surface area is 148 Å². The van der Waals surface area contributed by atoms with Gasteiger partial charge in [-0.05, 0) is 38.5 Å². The smallest absolute Gasteiger partial charge is 0.241 e. The van der Waals surface area contributed by atoms with E-state index in [9.17, 15) is 4.79 Å². The zero-order chi connectivity index (χ0) is 15.5. The Bertz CT molecular complexity index is 514. The number of nitrogens with zero attached hydrogens (tertiary/aromatic N) is 2. The highest BCUT2D eigenvalue weighted by Crippen LogP contribution is 2.34. The number of rotatable bonds is 4. The minimum absolute atomic E-state index is 0. The first-order chi connectivity index (χ1) is 10.7. The second-order valence-electron chi connectivity index (χ2n) is 6.31. The number of aryl methyl sites for hydroxylation is 2. The lowest BCUT2D eigenvalue weighted by Gasteiger charge is -2.33. The van der Waals surface area contributed by atoms with Crippen molar-refractivity contribution >= 4 is 29.7 Å². The fourth-order valence-corrected chi connectivity index (χ4v) is 4.69. The summed E-state index contributed by atoms with van der Waals surface area (Å²) in [5, 5.41) is 1.23. The van der Waals surface area contributed by atoms with Crippen molar-refractivity contribution in [2.75, 3.05) is 26.8 Å². The van der Waals surface area contributed by atoms with Gasteiger partial charge in [-0.3, -0.25) is 4.79 Å². The van der Waals surface area contributed by atoms with Crippen molar-refractivity contribution in [1.82, 2.24) is 9.88 Å². The Morgan fingerprint density at radius 1 is 1.43 bits per heavy atom. The Morgan fingerprint density at radius 3 is 2.96 bits per heavy atom. The minimum Gasteiger partial charge on any atom is -0.383 e. The summed E-state index contributed by atoms with van der Waals surface area (Å²) in [6.45, 7) is 1.84. The summed E-state index contributed by atoms with van der Waals surface area (Å²) in [4.78, 5) is 20.6. The summed E-state index contributed by atoms with van der Waals surface area (Å²) in [6, 6.07) is -0.548. The van der Waals surface area contributed by atoms with E-state index in [-0.39, 0.29) is 24.9 Å². The number of carbonyl (C=O) groups is 1. The van der Waals surface area contributed by atoms with E-state index < -0.39 is 6.04 Å². The summed E-state index contributed by atoms with van der Waals surface area (Å²) in [5.41, 5.74) is 7.20. The van der Waals surface area contributed by atoms with Gasteiger partial charge in [0.15, 0.2) is 0 Å². The van der Waals surface area contributed by atoms with Crippen molar-refractivity contribution < 1.29 is 9.53 Å². The fourth-order valence-electron chi connectivity index (χ4n) is 3.41. The van der Waals surface area contributed by atoms with E-state index in [1.54, 1.807) is 7.11 Å². The molecule has 1 amide bonds. The Kier molecular flexibility index (Phi) is 6.83. The summed E-state index contributed by atoms with van der Waals surface area (Å²) in [7, 11) is 1.58. The number of methoxy groups -OCH3 is 1. The lowest BCUT2D eigenvalue weighted by Crippen LogP contribution is -2.49. The molecule has 0 saturated carbocycles. The predicted octanol–water partition coefficient (Wildman–Crippen LogP) is 2.12. The van der Waals surface area contributed by atoms with Crippen LogP contribution in [0.15, 0.2) is 0 Å². The molecule has 3 rings (SSSR count). The highest BCUT2D eigenvalue weighted by Gasteiger charge is 2.30. The maximum Gasteiger partial charge on any atom is 0.241 e. The number of hydrogen-bond acceptors (Lipinski definition) is 5. The van der Waals surface area contributed by atoms with Crippen LogP contribution in [0.3, 0.4) is 0 Å². The Hall–Kier alpha value is -0.690. The minimum atomic E-state index is -0.548. The van der Waals surface area contributed by atoms with Crippen LogP contribution in [0.4, 0.5) is 0 Å². The zero-order valence-electron chi connectivity index (χ0n) is 13.6. The number of hydrogen-bond donors (Lipinski definition) is 1. The van der Waals surface area contributed by atoms with E-state index in [0.29, 0.717) is 5.92 Å². The summed E-state index contributed by atoms with van der Waals surface area (Å²) in [6.07, 6.45) is 7.00. The van der Waals surface area contributed by atoms with E-state index >= 15 is 0 Å². The van der Waals surface area contributed by atoms with Crippen LogP contribution in [0.25, 0.3) is 0 Å². The number of nitrogens with two attached hydrogens (primary N) is 1. The first kappa shape index (κ1) is 18.6. The monoisotopic (exact) mass is 359 g/mol. The van der Waals surface area contributed by atoms with Crippen molar-refractivity contribution in [3.63, 3.8) is 0 Å². The number of fused-ring (bicyclic) bond motifs is 1. The van der Waals surface area contributed by atoms with Crippen LogP contribution in [0.5, 0.6) is 0 Å². The predicted molar refractivity (Wildman–Crippen MR) is 94.4 cm³/mol. The van der Waals surface area contributed by atoms with Gasteiger partial charge in [0.05, 0.1) is 17.3 Å². The summed E-state index contributed by atoms with van der Waals surface area (Å²) >= 11 is 1.87. The van der Waals surface area contributed by atoms with Crippen LogP contribution >= 0.6 is 23.7 Å². The lowest BCUT2D eigenvalue weighted by molar-refractivity contribution is -0.135. The standard InChI is InChI=1S/C16H25N3O2S.ClH/c1-21-10-12(17)16(20)19-8-4-5-11(9-19)15-18-13-6-2-3-7-14(13)22-15;/h11-12H,2-10,17H2,1H3;1H. The number of amides is 1. The van der Waals surface area contributed by atoms with Gasteiger partial charge in [0, 0.05) is 31.0 Å². The average molecular weight is 360 g/mol. The Balaban J connectivity index is 0.00000192. The topological polar surface area (TPSA) is 68.5 Å². The molecule has 0 radical (unpaired) electrons. The van der Waals surface area contributed by atoms with Gasteiger partial charge in [0.1, 0.15) is 6.04 Å². The third kappa shape index (κ3) is 4.24. The van der Waals surface area contributed by atoms with E-state index in [2.05, 4.69) is 0 Å². The van der Waals surface area contributed by atoms with Gasteiger partial charge < -0.3 is 15.4 Å². The van der Waals surface area contributed by atoms with Crippen LogP contribution in [0.1, 0.15) is 47.2 Å². The molecule has 2 unspecified atom stereocenters. The quantitative estimate of drug-likeness (QED) is 0.894. The molecular weight excluding hydrogens is 334 g/mol. The average Bonchev–Trinajstić information content (AvgIpc) is 2.98. The summed E-state index contributed by atoms with van der Waals surface area (Å²) < 4.78 is 5.00. The molecule has 7 heteroatoms. The van der Waals surface area contributed by atoms with Crippen molar-refractivity contribution in [1.29, 1.82) is 0 Å². The van der Waals surface area contributed by atoms with Crippen LogP contribution < -0.4 is 5.73 Å². The number of aromatic nitrogens is 1. The van der Waals surface area contributed by atoms with Gasteiger partial charge in [-0.1, -0.05) is 0 Å². The molecular formula is C16H26ClN3O2S. The van der Waals surface area contributed by atoms with Gasteiger partial charge in [-0.2, -0.15) is 0 Å². The fraction of sp³-hybridized carbons (Fsp3) is 0.750. The normalized spacial score (nSPS) is 22.2. The first-order valence-electron chi connectivity index (χ1n) is 8.21. The third-order valence-corrected chi connectivity index (χ3v) is 5.93. The van der Waals surface area contributed by atoms with E-state index in [1.807, 2.05) is 16.2 Å². The molecule has 1 aromatic rings. The first-order valence-corrected chi connectivity index (χ1v) is 9.02. The molecule has 1 aromatic heterocycles. The van der Waals surface area contributed by atoms with Crippen molar-refractivity contribution in [3.8, 4) is 0 Å². The molecule has 5 nitrogen and oxygen atoms in total. The number of ether oxygens (including phenoxy) is 1. The maximum absolute atomic E-state index is 12.4. The van der Waals surface area contributed by atoms with Gasteiger partial charge in [0.2, 0.25) is 5.91 Å². The lowest BCUT2D eigenvalue weighted by atomic mass is 9.98. The zero-order valence-corrected chi connectivity index (χ0v) is 15.3. The molecule has 2 aliphatic rings. The van der Waals surface area contributed by atoms with Crippen molar-refractivity contribution in [2.45, 2.75) is 50.5 Å². The number of likely N-dealkylation sites (tertiary alicyclic amines) is 1. The molecule has 2 heterocycles. The van der Waals surface area contributed by atoms with Gasteiger partial charge in [-0.15, -0.1) is 23.7 Å². The number of halogens is 1. The highest BCUT2D eigenvalue weighted by molar-refractivity contribution is 7.11. The highest BCUT2D eigenvalue weighted by atomic mass is 35.5. The SMILES string of the molecule is COCC(N)C(=O)N1CCCC(c2nc3c(s2)CCCC3)C1.Cl. The third-order valence-electron chi connectivity index (χ3n) is 4.61. The van der Waals surface area contributed by atoms with Crippen molar-refractivity contribution in [2.24, 2.45) is 5.73 Å². The van der Waals surface area contributed by atoms with Crippen LogP contribution in [0.2, 0.25) is 0 Å². The largest absolute Gasteiger partial charge is 0.383 e. The van der Waals surface area contributed by atoms with Crippen LogP contribution in [-0.4, -0.2) is 48.6 Å². The molecule has 2 N–H and O–H groups in total. The van der Waals surface area contributed by atoms with Crippen LogP contribution in [-0.2, 0) is 22.4 Å². The molecule has 1 fully saturated rings. The van der Waals surface area contributed by atoms with Gasteiger partial charge in [0.25, 0.3) is 0 Å². The van der Waals surface area contributed by atoms with E-state index in [1.165, 1.54) is 34.8 Å². The second-order valence-corrected chi connectivity index (χ2v) is 7.43. The molecule has 0 bridgehead atoms. The molecule has 0 aromatic carbocycles. The van der Waals surface area contributed by atoms with Gasteiger partial charge >= 0.3 is 0 Å². The molecule has 1 saturated heterocycles. The maximum atomic E-state index is 12.4. The molecule has 1 aliphatic heterocycles. The molecule has 1 aliphatic carbocycles. The summed E-state index contributed by atoms with van der Waals surface area (Å²) in [5.74, 6) is 0.385. The molecule has 0 spiro atoms. The molecule has 23 heavy (non-hydrogen) atoms. The van der Waals surface area contributed by atoms with E-state index in [4.69, 9.17) is 15.5 Å². The van der Waals surface area contributed by atoms with E-state index in [0.717, 1.165) is 32.4 Å². The van der Waals surface area contributed by atoms with Crippen molar-refractivity contribution in [3.05, 3.63) is 15.6 Å². The van der Waals surface area contributed by atoms with Crippen LogP contribution in [0, 0.1) is 0 Å². The second kappa shape index (κ2) is 8.42. The molecule has 2 atom stereocenters.